The van der Waals surface area contributed by atoms with E-state index in [1.54, 1.807) is 0 Å². The number of rotatable bonds is 7. The lowest BCUT2D eigenvalue weighted by atomic mass is 9.64. The molecular weight excluding hydrogens is 276 g/mol. The van der Waals surface area contributed by atoms with E-state index in [1.165, 1.54) is 6.26 Å². The Hall–Kier alpha value is -0.580. The van der Waals surface area contributed by atoms with Crippen molar-refractivity contribution >= 4 is 15.8 Å². The molecule has 3 unspecified atom stereocenters. The number of sulfone groups is 1. The van der Waals surface area contributed by atoms with Crippen molar-refractivity contribution in [3.05, 3.63) is 0 Å². The standard InChI is InChI=1S/C15H28O4S/c1-4-6-10-15(5-2,14(16)17)12-8-7-9-13(11-12)20(3,18)19/h12-13H,4-11H2,1-3H3,(H,16,17). The van der Waals surface area contributed by atoms with Gasteiger partial charge >= 0.3 is 5.97 Å². The third-order valence-corrected chi connectivity index (χ3v) is 6.69. The summed E-state index contributed by atoms with van der Waals surface area (Å²) in [5.41, 5.74) is -0.737. The lowest BCUT2D eigenvalue weighted by Crippen LogP contribution is -2.43. The summed E-state index contributed by atoms with van der Waals surface area (Å²) in [6.45, 7) is 3.98. The largest absolute Gasteiger partial charge is 0.481 e. The number of carboxylic acid groups (broad SMARTS) is 1. The molecule has 1 rings (SSSR count). The summed E-state index contributed by atoms with van der Waals surface area (Å²) in [4.78, 5) is 11.9. The van der Waals surface area contributed by atoms with E-state index in [0.717, 1.165) is 25.7 Å². The van der Waals surface area contributed by atoms with Crippen LogP contribution in [0.25, 0.3) is 0 Å². The number of carbonyl (C=O) groups is 1. The van der Waals surface area contributed by atoms with E-state index < -0.39 is 21.2 Å². The topological polar surface area (TPSA) is 71.4 Å². The monoisotopic (exact) mass is 304 g/mol. The average molecular weight is 304 g/mol. The minimum absolute atomic E-state index is 0.00924. The summed E-state index contributed by atoms with van der Waals surface area (Å²) in [7, 11) is -3.07. The van der Waals surface area contributed by atoms with E-state index >= 15 is 0 Å². The molecule has 20 heavy (non-hydrogen) atoms. The molecule has 0 radical (unpaired) electrons. The molecule has 0 aromatic carbocycles. The third kappa shape index (κ3) is 3.74. The van der Waals surface area contributed by atoms with Crippen LogP contribution in [-0.2, 0) is 14.6 Å². The van der Waals surface area contributed by atoms with Gasteiger partial charge in [-0.05, 0) is 38.0 Å². The van der Waals surface area contributed by atoms with Crippen LogP contribution in [0.15, 0.2) is 0 Å². The van der Waals surface area contributed by atoms with Gasteiger partial charge in [0.1, 0.15) is 9.84 Å². The van der Waals surface area contributed by atoms with Gasteiger partial charge in [-0.2, -0.15) is 0 Å². The Morgan fingerprint density at radius 3 is 2.40 bits per heavy atom. The van der Waals surface area contributed by atoms with Crippen molar-refractivity contribution in [2.75, 3.05) is 6.26 Å². The molecule has 0 aromatic rings. The van der Waals surface area contributed by atoms with Crippen molar-refractivity contribution in [1.29, 1.82) is 0 Å². The van der Waals surface area contributed by atoms with Gasteiger partial charge in [-0.15, -0.1) is 0 Å². The Morgan fingerprint density at radius 2 is 1.95 bits per heavy atom. The van der Waals surface area contributed by atoms with Crippen LogP contribution in [0.3, 0.4) is 0 Å². The van der Waals surface area contributed by atoms with Crippen molar-refractivity contribution < 1.29 is 18.3 Å². The van der Waals surface area contributed by atoms with E-state index in [1.807, 2.05) is 6.92 Å². The highest BCUT2D eigenvalue weighted by Gasteiger charge is 2.46. The molecule has 0 amide bonds. The molecule has 0 aliphatic heterocycles. The van der Waals surface area contributed by atoms with Gasteiger partial charge < -0.3 is 5.11 Å². The summed E-state index contributed by atoms with van der Waals surface area (Å²) in [5, 5.41) is 9.39. The van der Waals surface area contributed by atoms with Gasteiger partial charge in [-0.25, -0.2) is 8.42 Å². The molecule has 0 saturated heterocycles. The van der Waals surface area contributed by atoms with E-state index in [4.69, 9.17) is 0 Å². The average Bonchev–Trinajstić information content (AvgIpc) is 2.39. The fourth-order valence-electron chi connectivity index (χ4n) is 3.63. The van der Waals surface area contributed by atoms with Gasteiger partial charge in [-0.3, -0.25) is 4.79 Å². The Morgan fingerprint density at radius 1 is 1.30 bits per heavy atom. The summed E-state index contributed by atoms with van der Waals surface area (Å²) in [6.07, 6.45) is 7.25. The maximum atomic E-state index is 11.9. The highest BCUT2D eigenvalue weighted by atomic mass is 32.2. The Bertz CT molecular complexity index is 429. The van der Waals surface area contributed by atoms with E-state index in [0.29, 0.717) is 25.7 Å². The quantitative estimate of drug-likeness (QED) is 0.783. The zero-order chi connectivity index (χ0) is 15.4. The Labute approximate surface area is 122 Å². The molecule has 5 heteroatoms. The lowest BCUT2D eigenvalue weighted by Gasteiger charge is -2.41. The summed E-state index contributed by atoms with van der Waals surface area (Å²) in [6, 6.07) is 0. The molecule has 0 spiro atoms. The fourth-order valence-corrected chi connectivity index (χ4v) is 4.81. The Balaban J connectivity index is 2.98. The van der Waals surface area contributed by atoms with Gasteiger partial charge in [0.15, 0.2) is 0 Å². The number of hydrogen-bond acceptors (Lipinski definition) is 3. The fraction of sp³-hybridized carbons (Fsp3) is 0.933. The van der Waals surface area contributed by atoms with Crippen molar-refractivity contribution in [3.63, 3.8) is 0 Å². The molecule has 4 nitrogen and oxygen atoms in total. The molecule has 0 bridgehead atoms. The first-order chi connectivity index (χ1) is 9.28. The van der Waals surface area contributed by atoms with Crippen LogP contribution < -0.4 is 0 Å². The van der Waals surface area contributed by atoms with Crippen LogP contribution in [0, 0.1) is 11.3 Å². The zero-order valence-corrected chi connectivity index (χ0v) is 13.7. The maximum Gasteiger partial charge on any atom is 0.309 e. The van der Waals surface area contributed by atoms with Crippen molar-refractivity contribution in [2.45, 2.75) is 70.5 Å². The minimum atomic E-state index is -3.07. The van der Waals surface area contributed by atoms with Crippen LogP contribution in [0.4, 0.5) is 0 Å². The lowest BCUT2D eigenvalue weighted by molar-refractivity contribution is -0.154. The minimum Gasteiger partial charge on any atom is -0.481 e. The van der Waals surface area contributed by atoms with Gasteiger partial charge in [0, 0.05) is 6.26 Å². The normalized spacial score (nSPS) is 26.9. The highest BCUT2D eigenvalue weighted by Crippen LogP contribution is 2.46. The molecule has 118 valence electrons. The molecule has 0 aromatic heterocycles. The van der Waals surface area contributed by atoms with E-state index in [2.05, 4.69) is 6.92 Å². The smallest absolute Gasteiger partial charge is 0.309 e. The molecule has 1 aliphatic rings. The molecular formula is C15H28O4S. The maximum absolute atomic E-state index is 11.9. The van der Waals surface area contributed by atoms with E-state index in [9.17, 15) is 18.3 Å². The second-order valence-electron chi connectivity index (χ2n) is 6.23. The zero-order valence-electron chi connectivity index (χ0n) is 12.9. The van der Waals surface area contributed by atoms with Crippen LogP contribution in [-0.4, -0.2) is 31.0 Å². The predicted octanol–water partition coefficient (Wildman–Crippen LogP) is 3.26. The summed E-state index contributed by atoms with van der Waals surface area (Å²) >= 11 is 0. The summed E-state index contributed by atoms with van der Waals surface area (Å²) in [5.74, 6) is -0.752. The second kappa shape index (κ2) is 6.92. The first-order valence-electron chi connectivity index (χ1n) is 7.70. The van der Waals surface area contributed by atoms with Crippen LogP contribution in [0.1, 0.15) is 65.2 Å². The SMILES string of the molecule is CCCCC(CC)(C(=O)O)C1CCCC(S(C)(=O)=O)C1. The molecule has 3 atom stereocenters. The van der Waals surface area contributed by atoms with Gasteiger partial charge in [-0.1, -0.05) is 33.1 Å². The highest BCUT2D eigenvalue weighted by molar-refractivity contribution is 7.91. The molecule has 0 heterocycles. The van der Waals surface area contributed by atoms with Crippen LogP contribution >= 0.6 is 0 Å². The van der Waals surface area contributed by atoms with Crippen LogP contribution in [0.5, 0.6) is 0 Å². The van der Waals surface area contributed by atoms with Crippen molar-refractivity contribution in [3.8, 4) is 0 Å². The first-order valence-corrected chi connectivity index (χ1v) is 9.65. The number of unbranched alkanes of at least 4 members (excludes halogenated alkanes) is 1. The molecule has 1 fully saturated rings. The number of hydrogen-bond donors (Lipinski definition) is 1. The third-order valence-electron chi connectivity index (χ3n) is 5.05. The van der Waals surface area contributed by atoms with Gasteiger partial charge in [0.2, 0.25) is 0 Å². The van der Waals surface area contributed by atoms with Gasteiger partial charge in [0.25, 0.3) is 0 Å². The van der Waals surface area contributed by atoms with Gasteiger partial charge in [0.05, 0.1) is 10.7 Å². The second-order valence-corrected chi connectivity index (χ2v) is 8.56. The van der Waals surface area contributed by atoms with E-state index in [-0.39, 0.29) is 11.2 Å². The Kier molecular flexibility index (Phi) is 6.05. The van der Waals surface area contributed by atoms with Crippen molar-refractivity contribution in [2.24, 2.45) is 11.3 Å². The molecule has 1 N–H and O–H groups in total. The number of aliphatic carboxylic acids is 1. The first kappa shape index (κ1) is 17.5. The summed E-state index contributed by atoms with van der Waals surface area (Å²) < 4.78 is 23.6. The van der Waals surface area contributed by atoms with Crippen molar-refractivity contribution in [1.82, 2.24) is 0 Å². The predicted molar refractivity (Wildman–Crippen MR) is 80.5 cm³/mol. The molecule has 1 aliphatic carbocycles. The van der Waals surface area contributed by atoms with Crippen LogP contribution in [0.2, 0.25) is 0 Å². The number of carboxylic acids is 1. The molecule has 1 saturated carbocycles.